The molecule has 1 aliphatic rings. The minimum Gasteiger partial charge on any atom is -0.441 e. The van der Waals surface area contributed by atoms with Gasteiger partial charge in [0.15, 0.2) is 11.5 Å². The third-order valence-corrected chi connectivity index (χ3v) is 5.20. The van der Waals surface area contributed by atoms with Gasteiger partial charge in [-0.1, -0.05) is 22.9 Å². The minimum atomic E-state index is -1.08. The molecule has 1 aliphatic carbocycles. The molecule has 32 heavy (non-hydrogen) atoms. The maximum atomic E-state index is 13.0. The van der Waals surface area contributed by atoms with Crippen LogP contribution in [0.25, 0.3) is 11.4 Å². The molecule has 0 aromatic carbocycles. The first-order chi connectivity index (χ1) is 15.3. The zero-order valence-corrected chi connectivity index (χ0v) is 17.9. The van der Waals surface area contributed by atoms with Crippen LogP contribution in [0.3, 0.4) is 0 Å². The molecule has 3 atom stereocenters. The summed E-state index contributed by atoms with van der Waals surface area (Å²) in [5, 5.41) is 13.4. The van der Waals surface area contributed by atoms with Crippen LogP contribution in [0, 0.1) is 5.92 Å². The zero-order chi connectivity index (χ0) is 22.8. The van der Waals surface area contributed by atoms with Gasteiger partial charge in [0, 0.05) is 18.8 Å². The van der Waals surface area contributed by atoms with Crippen molar-refractivity contribution in [1.82, 2.24) is 25.0 Å². The van der Waals surface area contributed by atoms with Crippen LogP contribution in [0.15, 0.2) is 36.7 Å². The second kappa shape index (κ2) is 8.87. The van der Waals surface area contributed by atoms with Crippen LogP contribution in [-0.4, -0.2) is 43.1 Å². The number of nitrogens with one attached hydrogen (secondary N) is 2. The van der Waals surface area contributed by atoms with Crippen LogP contribution in [0.2, 0.25) is 5.15 Å². The van der Waals surface area contributed by atoms with E-state index in [-0.39, 0.29) is 23.3 Å². The second-order valence-electron chi connectivity index (χ2n) is 7.25. The number of nitrogens with zero attached hydrogens (tertiary/aromatic N) is 5. The summed E-state index contributed by atoms with van der Waals surface area (Å²) < 4.78 is 19.8. The molecular weight excluding hydrogens is 441 g/mol. The number of hydrogen-bond donors (Lipinski definition) is 2. The van der Waals surface area contributed by atoms with Gasteiger partial charge in [0.2, 0.25) is 5.91 Å². The van der Waals surface area contributed by atoms with Crippen LogP contribution < -0.4 is 10.6 Å². The van der Waals surface area contributed by atoms with E-state index in [4.69, 9.17) is 16.3 Å². The summed E-state index contributed by atoms with van der Waals surface area (Å²) in [6.45, 7) is 1.67. The van der Waals surface area contributed by atoms with Gasteiger partial charge < -0.3 is 10.1 Å². The van der Waals surface area contributed by atoms with Crippen LogP contribution in [0.1, 0.15) is 25.0 Å². The van der Waals surface area contributed by atoms with Crippen molar-refractivity contribution in [3.8, 4) is 11.4 Å². The Kier molecular flexibility index (Phi) is 5.99. The first-order valence-electron chi connectivity index (χ1n) is 9.72. The largest absolute Gasteiger partial charge is 0.441 e. The highest BCUT2D eigenvalue weighted by atomic mass is 35.5. The van der Waals surface area contributed by atoms with Crippen molar-refractivity contribution in [1.29, 1.82) is 0 Å². The number of pyridine rings is 2. The van der Waals surface area contributed by atoms with E-state index in [2.05, 4.69) is 30.9 Å². The molecule has 3 aromatic heterocycles. The molecule has 0 radical (unpaired) electrons. The monoisotopic (exact) mass is 459 g/mol. The molecule has 1 fully saturated rings. The number of aryl methyl sites for hydroxylation is 1. The van der Waals surface area contributed by atoms with Gasteiger partial charge in [-0.05, 0) is 31.5 Å². The quantitative estimate of drug-likeness (QED) is 0.540. The summed E-state index contributed by atoms with van der Waals surface area (Å²) in [5.74, 6) is -0.707. The molecule has 0 aliphatic heterocycles. The van der Waals surface area contributed by atoms with Crippen molar-refractivity contribution in [2.75, 3.05) is 10.6 Å². The van der Waals surface area contributed by atoms with Crippen molar-refractivity contribution in [3.63, 3.8) is 0 Å². The SMILES string of the molecule is C[C@@H](OC(=O)Nc1c(-c2ccc(NC(=O)[C@H]3C[C@@H]3F)cn2)nnn1C)c1cccnc1Cl. The highest BCUT2D eigenvalue weighted by molar-refractivity contribution is 6.30. The first kappa shape index (κ1) is 21.6. The lowest BCUT2D eigenvalue weighted by molar-refractivity contribution is -0.117. The normalized spacial score (nSPS) is 18.0. The lowest BCUT2D eigenvalue weighted by Crippen LogP contribution is -2.18. The minimum absolute atomic E-state index is 0.244. The van der Waals surface area contributed by atoms with E-state index < -0.39 is 24.3 Å². The van der Waals surface area contributed by atoms with Gasteiger partial charge in [0.05, 0.1) is 23.5 Å². The van der Waals surface area contributed by atoms with Crippen molar-refractivity contribution in [3.05, 3.63) is 47.4 Å². The molecule has 2 amide bonds. The fourth-order valence-corrected chi connectivity index (χ4v) is 3.27. The van der Waals surface area contributed by atoms with Crippen LogP contribution in [0.4, 0.5) is 20.7 Å². The zero-order valence-electron chi connectivity index (χ0n) is 17.1. The molecule has 166 valence electrons. The Balaban J connectivity index is 1.44. The van der Waals surface area contributed by atoms with Gasteiger partial charge in [-0.3, -0.25) is 15.1 Å². The van der Waals surface area contributed by atoms with Crippen LogP contribution in [0.5, 0.6) is 0 Å². The number of alkyl halides is 1. The number of carbonyl (C=O) groups is 2. The standard InChI is InChI=1S/C20H19ClFN7O3/c1-10(12-4-3-7-23-17(12)21)32-20(31)26-18-16(27-28-29(18)2)15-6-5-11(9-24-15)25-19(30)13-8-14(13)22/h3-7,9-10,13-14H,8H2,1-2H3,(H,25,30)(H,26,31)/t10-,13+,14+/m1/s1. The highest BCUT2D eigenvalue weighted by Crippen LogP contribution is 2.34. The Hall–Kier alpha value is -3.60. The van der Waals surface area contributed by atoms with E-state index in [0.717, 1.165) is 0 Å². The summed E-state index contributed by atoms with van der Waals surface area (Å²) in [4.78, 5) is 32.5. The third kappa shape index (κ3) is 4.67. The molecule has 10 nitrogen and oxygen atoms in total. The fraction of sp³-hybridized carbons (Fsp3) is 0.300. The molecule has 3 aromatic rings. The summed E-state index contributed by atoms with van der Waals surface area (Å²) in [7, 11) is 1.60. The molecule has 4 rings (SSSR count). The molecule has 0 unspecified atom stereocenters. The Morgan fingerprint density at radius 1 is 1.28 bits per heavy atom. The predicted octanol–water partition coefficient (Wildman–Crippen LogP) is 3.53. The number of aromatic nitrogens is 5. The highest BCUT2D eigenvalue weighted by Gasteiger charge is 2.43. The van der Waals surface area contributed by atoms with Gasteiger partial charge in [-0.15, -0.1) is 5.10 Å². The van der Waals surface area contributed by atoms with E-state index >= 15 is 0 Å². The maximum Gasteiger partial charge on any atom is 0.413 e. The Bertz CT molecular complexity index is 1150. The number of amides is 2. The van der Waals surface area contributed by atoms with E-state index in [1.165, 1.54) is 10.9 Å². The number of hydrogen-bond acceptors (Lipinski definition) is 7. The van der Waals surface area contributed by atoms with Crippen LogP contribution >= 0.6 is 11.6 Å². The maximum absolute atomic E-state index is 13.0. The summed E-state index contributed by atoms with van der Waals surface area (Å²) in [6, 6.07) is 6.62. The number of rotatable bonds is 6. The average Bonchev–Trinajstić information content (AvgIpc) is 3.40. The van der Waals surface area contributed by atoms with Crippen molar-refractivity contribution in [2.24, 2.45) is 13.0 Å². The smallest absolute Gasteiger partial charge is 0.413 e. The van der Waals surface area contributed by atoms with Gasteiger partial charge in [0.1, 0.15) is 17.4 Å². The lowest BCUT2D eigenvalue weighted by atomic mass is 10.2. The lowest BCUT2D eigenvalue weighted by Gasteiger charge is -2.15. The number of ether oxygens (including phenoxy) is 1. The molecule has 0 spiro atoms. The van der Waals surface area contributed by atoms with E-state index in [0.29, 0.717) is 22.6 Å². The van der Waals surface area contributed by atoms with E-state index in [1.54, 1.807) is 44.4 Å². The summed E-state index contributed by atoms with van der Waals surface area (Å²) in [5.41, 5.74) is 1.71. The summed E-state index contributed by atoms with van der Waals surface area (Å²) >= 11 is 6.05. The molecule has 12 heteroatoms. The van der Waals surface area contributed by atoms with Crippen LogP contribution in [-0.2, 0) is 16.6 Å². The van der Waals surface area contributed by atoms with Gasteiger partial charge in [0.25, 0.3) is 0 Å². The molecule has 0 saturated heterocycles. The fourth-order valence-electron chi connectivity index (χ4n) is 3.00. The first-order valence-corrected chi connectivity index (χ1v) is 10.1. The molecule has 1 saturated carbocycles. The third-order valence-electron chi connectivity index (χ3n) is 4.88. The van der Waals surface area contributed by atoms with Crippen molar-refractivity contribution < 1.29 is 18.7 Å². The number of halogens is 2. The van der Waals surface area contributed by atoms with E-state index in [9.17, 15) is 14.0 Å². The average molecular weight is 460 g/mol. The number of carbonyl (C=O) groups excluding carboxylic acids is 2. The number of anilines is 2. The summed E-state index contributed by atoms with van der Waals surface area (Å²) in [6.07, 6.45) is 0.752. The van der Waals surface area contributed by atoms with E-state index in [1.807, 2.05) is 0 Å². The van der Waals surface area contributed by atoms with Gasteiger partial charge in [-0.25, -0.2) is 18.9 Å². The van der Waals surface area contributed by atoms with Gasteiger partial charge >= 0.3 is 6.09 Å². The molecular formula is C20H19ClFN7O3. The Morgan fingerprint density at radius 2 is 2.06 bits per heavy atom. The Morgan fingerprint density at radius 3 is 2.72 bits per heavy atom. The Labute approximate surface area is 187 Å². The van der Waals surface area contributed by atoms with Crippen molar-refractivity contribution in [2.45, 2.75) is 25.6 Å². The molecule has 2 N–H and O–H groups in total. The second-order valence-corrected chi connectivity index (χ2v) is 7.60. The topological polar surface area (TPSA) is 124 Å². The van der Waals surface area contributed by atoms with Crippen molar-refractivity contribution >= 4 is 35.1 Å². The predicted molar refractivity (Wildman–Crippen MR) is 114 cm³/mol. The molecule has 3 heterocycles. The van der Waals surface area contributed by atoms with Gasteiger partial charge in [-0.2, -0.15) is 0 Å². The molecule has 0 bridgehead atoms.